The highest BCUT2D eigenvalue weighted by Gasteiger charge is 2.25. The van der Waals surface area contributed by atoms with E-state index < -0.39 is 0 Å². The molecular formula is C19H26ClN5OS2. The van der Waals surface area contributed by atoms with E-state index in [-0.39, 0.29) is 18.3 Å². The van der Waals surface area contributed by atoms with Crippen LogP contribution in [0.25, 0.3) is 10.2 Å². The summed E-state index contributed by atoms with van der Waals surface area (Å²) in [5.74, 6) is -0.0666. The minimum Gasteiger partial charge on any atom is -0.302 e. The predicted octanol–water partition coefficient (Wildman–Crippen LogP) is 4.48. The first kappa shape index (κ1) is 22.7. The van der Waals surface area contributed by atoms with Gasteiger partial charge >= 0.3 is 0 Å². The number of aromatic nitrogens is 3. The zero-order valence-corrected chi connectivity index (χ0v) is 19.3. The van der Waals surface area contributed by atoms with Gasteiger partial charge in [0.2, 0.25) is 0 Å². The van der Waals surface area contributed by atoms with Gasteiger partial charge in [0.15, 0.2) is 5.13 Å². The van der Waals surface area contributed by atoms with E-state index in [1.54, 1.807) is 16.2 Å². The van der Waals surface area contributed by atoms with Gasteiger partial charge in [0.05, 0.1) is 15.9 Å². The molecule has 1 aromatic carbocycles. The molecule has 152 valence electrons. The average molecular weight is 440 g/mol. The molecule has 0 saturated heterocycles. The Balaban J connectivity index is 0.00000280. The van der Waals surface area contributed by atoms with Crippen LogP contribution in [-0.2, 0) is 0 Å². The molecule has 0 N–H and O–H groups in total. The molecule has 3 rings (SSSR count). The van der Waals surface area contributed by atoms with E-state index in [1.165, 1.54) is 5.56 Å². The van der Waals surface area contributed by atoms with Crippen LogP contribution in [0.3, 0.4) is 0 Å². The van der Waals surface area contributed by atoms with Crippen LogP contribution in [0.5, 0.6) is 0 Å². The third kappa shape index (κ3) is 4.68. The van der Waals surface area contributed by atoms with Gasteiger partial charge in [-0.2, -0.15) is 0 Å². The minimum atomic E-state index is -0.0666. The smallest absolute Gasteiger partial charge is 0.273 e. The van der Waals surface area contributed by atoms with E-state index in [0.717, 1.165) is 52.1 Å². The molecular weight excluding hydrogens is 414 g/mol. The van der Waals surface area contributed by atoms with Crippen molar-refractivity contribution in [2.75, 3.05) is 31.1 Å². The molecule has 0 fully saturated rings. The normalized spacial score (nSPS) is 11.1. The fourth-order valence-electron chi connectivity index (χ4n) is 3.09. The van der Waals surface area contributed by atoms with Crippen molar-refractivity contribution in [1.82, 2.24) is 19.5 Å². The lowest BCUT2D eigenvalue weighted by atomic mass is 10.1. The van der Waals surface area contributed by atoms with Crippen LogP contribution >= 0.6 is 35.3 Å². The molecule has 0 bridgehead atoms. The van der Waals surface area contributed by atoms with Crippen molar-refractivity contribution in [2.45, 2.75) is 34.6 Å². The number of thiazole rings is 1. The molecule has 0 radical (unpaired) electrons. The number of fused-ring (bicyclic) bond motifs is 1. The lowest BCUT2D eigenvalue weighted by Gasteiger charge is -2.24. The monoisotopic (exact) mass is 439 g/mol. The number of hydrogen-bond acceptors (Lipinski definition) is 7. The number of carbonyl (C=O) groups is 1. The van der Waals surface area contributed by atoms with Crippen molar-refractivity contribution in [2.24, 2.45) is 0 Å². The first-order valence-electron chi connectivity index (χ1n) is 9.15. The van der Waals surface area contributed by atoms with Crippen LogP contribution in [0.1, 0.15) is 40.3 Å². The summed E-state index contributed by atoms with van der Waals surface area (Å²) in [6.45, 7) is 13.6. The van der Waals surface area contributed by atoms with E-state index in [2.05, 4.69) is 54.3 Å². The highest BCUT2D eigenvalue weighted by atomic mass is 35.5. The van der Waals surface area contributed by atoms with Gasteiger partial charge in [0.25, 0.3) is 5.91 Å². The third-order valence-corrected chi connectivity index (χ3v) is 6.52. The Morgan fingerprint density at radius 2 is 1.82 bits per heavy atom. The Hall–Kier alpha value is -1.61. The highest BCUT2D eigenvalue weighted by molar-refractivity contribution is 7.22. The predicted molar refractivity (Wildman–Crippen MR) is 120 cm³/mol. The number of hydrogen-bond donors (Lipinski definition) is 0. The Labute approximate surface area is 180 Å². The molecule has 28 heavy (non-hydrogen) atoms. The third-order valence-electron chi connectivity index (χ3n) is 4.67. The molecule has 0 spiro atoms. The molecule has 6 nitrogen and oxygen atoms in total. The molecule has 0 atom stereocenters. The van der Waals surface area contributed by atoms with Gasteiger partial charge in [-0.25, -0.2) is 4.98 Å². The molecule has 0 unspecified atom stereocenters. The number of amides is 1. The summed E-state index contributed by atoms with van der Waals surface area (Å²) in [6, 6.07) is 4.27. The van der Waals surface area contributed by atoms with Gasteiger partial charge in [0, 0.05) is 13.1 Å². The van der Waals surface area contributed by atoms with Crippen molar-refractivity contribution in [1.29, 1.82) is 0 Å². The Morgan fingerprint density at radius 3 is 2.43 bits per heavy atom. The number of rotatable bonds is 7. The van der Waals surface area contributed by atoms with E-state index in [9.17, 15) is 4.79 Å². The van der Waals surface area contributed by atoms with Gasteiger partial charge in [-0.15, -0.1) is 17.5 Å². The molecule has 2 heterocycles. The minimum absolute atomic E-state index is 0. The Bertz CT molecular complexity index is 951. The second-order valence-electron chi connectivity index (χ2n) is 6.60. The maximum absolute atomic E-state index is 13.2. The van der Waals surface area contributed by atoms with E-state index in [1.807, 2.05) is 6.92 Å². The molecule has 0 aliphatic heterocycles. The maximum atomic E-state index is 13.2. The van der Waals surface area contributed by atoms with Crippen molar-refractivity contribution in [3.63, 3.8) is 0 Å². The van der Waals surface area contributed by atoms with Crippen molar-refractivity contribution >= 4 is 56.5 Å². The van der Waals surface area contributed by atoms with Crippen molar-refractivity contribution in [3.05, 3.63) is 33.8 Å². The molecule has 9 heteroatoms. The second kappa shape index (κ2) is 9.73. The quantitative estimate of drug-likeness (QED) is 0.543. The number of halogens is 1. The summed E-state index contributed by atoms with van der Waals surface area (Å²) in [4.78, 5) is 22.7. The maximum Gasteiger partial charge on any atom is 0.273 e. The number of carbonyl (C=O) groups excluding carboxylic acids is 1. The Kier molecular flexibility index (Phi) is 7.88. The summed E-state index contributed by atoms with van der Waals surface area (Å²) in [5.41, 5.74) is 3.99. The van der Waals surface area contributed by atoms with Gasteiger partial charge < -0.3 is 4.90 Å². The van der Waals surface area contributed by atoms with Crippen LogP contribution in [0.4, 0.5) is 5.13 Å². The zero-order chi connectivity index (χ0) is 19.6. The van der Waals surface area contributed by atoms with Gasteiger partial charge in [-0.3, -0.25) is 9.69 Å². The first-order valence-corrected chi connectivity index (χ1v) is 10.7. The molecule has 0 aliphatic rings. The summed E-state index contributed by atoms with van der Waals surface area (Å²) in [7, 11) is 0. The fourth-order valence-corrected chi connectivity index (χ4v) is 4.86. The van der Waals surface area contributed by atoms with E-state index in [4.69, 9.17) is 4.98 Å². The van der Waals surface area contributed by atoms with Crippen LogP contribution in [0.2, 0.25) is 0 Å². The zero-order valence-electron chi connectivity index (χ0n) is 16.9. The van der Waals surface area contributed by atoms with Crippen LogP contribution in [0.15, 0.2) is 12.1 Å². The summed E-state index contributed by atoms with van der Waals surface area (Å²) in [5, 5.41) is 4.74. The van der Waals surface area contributed by atoms with Crippen molar-refractivity contribution in [3.8, 4) is 0 Å². The topological polar surface area (TPSA) is 62.2 Å². The van der Waals surface area contributed by atoms with Gasteiger partial charge in [-0.05, 0) is 62.6 Å². The molecule has 3 aromatic rings. The summed E-state index contributed by atoms with van der Waals surface area (Å²) in [6.07, 6.45) is 0. The van der Waals surface area contributed by atoms with E-state index >= 15 is 0 Å². The van der Waals surface area contributed by atoms with Crippen LogP contribution in [0, 0.1) is 20.8 Å². The number of aryl methyl sites for hydroxylation is 3. The number of nitrogens with zero attached hydrogens (tertiary/aromatic N) is 5. The van der Waals surface area contributed by atoms with Crippen molar-refractivity contribution < 1.29 is 4.79 Å². The standard InChI is InChI=1S/C19H25N5OS2.ClH/c1-6-23(7-2)8-9-24(18(25)17-14(5)21-22-27-17)19-20-16-13(4)10-12(3)11-15(16)26-19;/h10-11H,6-9H2,1-5H3;1H. The SMILES string of the molecule is CCN(CC)CCN(C(=O)c1snnc1C)c1nc2c(C)cc(C)cc2s1.Cl. The van der Waals surface area contributed by atoms with E-state index in [0.29, 0.717) is 17.1 Å². The highest BCUT2D eigenvalue weighted by Crippen LogP contribution is 2.32. The Morgan fingerprint density at radius 1 is 1.11 bits per heavy atom. The summed E-state index contributed by atoms with van der Waals surface area (Å²) >= 11 is 2.72. The lowest BCUT2D eigenvalue weighted by molar-refractivity contribution is 0.0987. The van der Waals surface area contributed by atoms with Crippen LogP contribution in [-0.4, -0.2) is 51.6 Å². The molecule has 1 amide bonds. The second-order valence-corrected chi connectivity index (χ2v) is 8.36. The van der Waals surface area contributed by atoms with Gasteiger partial charge in [-0.1, -0.05) is 35.7 Å². The largest absolute Gasteiger partial charge is 0.302 e. The number of anilines is 1. The molecule has 2 aromatic heterocycles. The number of likely N-dealkylation sites (N-methyl/N-ethyl adjacent to an activating group) is 1. The first-order chi connectivity index (χ1) is 12.9. The fraction of sp³-hybridized carbons (Fsp3) is 0.474. The molecule has 0 saturated carbocycles. The lowest BCUT2D eigenvalue weighted by Crippen LogP contribution is -2.38. The summed E-state index contributed by atoms with van der Waals surface area (Å²) < 4.78 is 5.04. The van der Waals surface area contributed by atoms with Crippen LogP contribution < -0.4 is 4.90 Å². The average Bonchev–Trinajstić information content (AvgIpc) is 3.24. The van der Waals surface area contributed by atoms with Gasteiger partial charge in [0.1, 0.15) is 4.88 Å². The molecule has 0 aliphatic carbocycles. The number of benzene rings is 1.